The summed E-state index contributed by atoms with van der Waals surface area (Å²) >= 11 is 3.44. The van der Waals surface area contributed by atoms with E-state index in [0.29, 0.717) is 5.82 Å². The Kier molecular flexibility index (Phi) is 1.96. The van der Waals surface area contributed by atoms with Gasteiger partial charge in [0.15, 0.2) is 0 Å². The number of aryl methyl sites for hydroxylation is 1. The molecular weight excluding hydrogens is 228 g/mol. The van der Waals surface area contributed by atoms with Crippen LogP contribution in [-0.4, -0.2) is 4.98 Å². The van der Waals surface area contributed by atoms with Crippen molar-refractivity contribution in [3.8, 4) is 0 Å². The number of nitrogens with two attached hydrogens (primary N) is 1. The summed E-state index contributed by atoms with van der Waals surface area (Å²) in [7, 11) is 0. The van der Waals surface area contributed by atoms with Crippen molar-refractivity contribution in [3.63, 3.8) is 0 Å². The number of aromatic nitrogens is 1. The Labute approximate surface area is 84.9 Å². The first-order chi connectivity index (χ1) is 6.16. The fourth-order valence-corrected chi connectivity index (χ4v) is 1.97. The van der Waals surface area contributed by atoms with Gasteiger partial charge in [-0.05, 0) is 36.8 Å². The van der Waals surface area contributed by atoms with Gasteiger partial charge in [0.25, 0.3) is 0 Å². The molecule has 0 aliphatic rings. The third kappa shape index (κ3) is 1.52. The van der Waals surface area contributed by atoms with Gasteiger partial charge in [0.1, 0.15) is 5.82 Å². The molecule has 2 nitrogen and oxygen atoms in total. The van der Waals surface area contributed by atoms with Crippen molar-refractivity contribution in [1.29, 1.82) is 0 Å². The molecule has 0 fully saturated rings. The summed E-state index contributed by atoms with van der Waals surface area (Å²) in [5.74, 6) is 0.568. The highest BCUT2D eigenvalue weighted by Gasteiger charge is 2.00. The van der Waals surface area contributed by atoms with Crippen LogP contribution in [0.1, 0.15) is 5.56 Å². The molecule has 0 amide bonds. The first kappa shape index (κ1) is 8.51. The summed E-state index contributed by atoms with van der Waals surface area (Å²) in [6.07, 6.45) is 0. The SMILES string of the molecule is Cc1cc(Br)cc2ccc(N)nc12. The van der Waals surface area contributed by atoms with E-state index in [2.05, 4.69) is 20.9 Å². The minimum absolute atomic E-state index is 0.568. The Balaban J connectivity index is 2.87. The summed E-state index contributed by atoms with van der Waals surface area (Å²) in [5, 5.41) is 1.11. The minimum atomic E-state index is 0.568. The number of nitrogen functional groups attached to an aromatic ring is 1. The zero-order chi connectivity index (χ0) is 9.42. The number of pyridine rings is 1. The van der Waals surface area contributed by atoms with E-state index in [-0.39, 0.29) is 0 Å². The van der Waals surface area contributed by atoms with Gasteiger partial charge < -0.3 is 5.73 Å². The topological polar surface area (TPSA) is 38.9 Å². The van der Waals surface area contributed by atoms with Crippen molar-refractivity contribution in [2.75, 3.05) is 5.73 Å². The minimum Gasteiger partial charge on any atom is -0.384 e. The first-order valence-electron chi connectivity index (χ1n) is 3.99. The lowest BCUT2D eigenvalue weighted by molar-refractivity contribution is 1.36. The lowest BCUT2D eigenvalue weighted by Crippen LogP contribution is -1.91. The zero-order valence-electron chi connectivity index (χ0n) is 7.21. The molecule has 0 spiro atoms. The largest absolute Gasteiger partial charge is 0.384 e. The van der Waals surface area contributed by atoms with Crippen molar-refractivity contribution in [1.82, 2.24) is 4.98 Å². The second-order valence-electron chi connectivity index (χ2n) is 3.03. The van der Waals surface area contributed by atoms with Crippen LogP contribution >= 0.6 is 15.9 Å². The van der Waals surface area contributed by atoms with Crippen molar-refractivity contribution in [3.05, 3.63) is 34.3 Å². The molecule has 0 atom stereocenters. The molecule has 0 aliphatic carbocycles. The van der Waals surface area contributed by atoms with E-state index in [1.807, 2.05) is 31.2 Å². The number of hydrogen-bond donors (Lipinski definition) is 1. The third-order valence-corrected chi connectivity index (χ3v) is 2.43. The van der Waals surface area contributed by atoms with Gasteiger partial charge in [-0.15, -0.1) is 0 Å². The van der Waals surface area contributed by atoms with Gasteiger partial charge in [0.05, 0.1) is 5.52 Å². The second-order valence-corrected chi connectivity index (χ2v) is 3.95. The van der Waals surface area contributed by atoms with Crippen molar-refractivity contribution in [2.45, 2.75) is 6.92 Å². The summed E-state index contributed by atoms with van der Waals surface area (Å²) in [5.41, 5.74) is 7.72. The fraction of sp³-hybridized carbons (Fsp3) is 0.100. The molecular formula is C10H9BrN2. The Hall–Kier alpha value is -1.09. The summed E-state index contributed by atoms with van der Waals surface area (Å²) in [4.78, 5) is 4.27. The summed E-state index contributed by atoms with van der Waals surface area (Å²) < 4.78 is 1.07. The van der Waals surface area contributed by atoms with Gasteiger partial charge in [0.2, 0.25) is 0 Å². The average Bonchev–Trinajstić information content (AvgIpc) is 2.06. The Morgan fingerprint density at radius 2 is 2.08 bits per heavy atom. The fourth-order valence-electron chi connectivity index (χ4n) is 1.38. The smallest absolute Gasteiger partial charge is 0.124 e. The summed E-state index contributed by atoms with van der Waals surface area (Å²) in [6, 6.07) is 7.87. The molecule has 0 saturated carbocycles. The van der Waals surface area contributed by atoms with Gasteiger partial charge in [-0.2, -0.15) is 0 Å². The van der Waals surface area contributed by atoms with Crippen LogP contribution in [0, 0.1) is 6.92 Å². The number of benzene rings is 1. The number of rotatable bonds is 0. The molecule has 3 heteroatoms. The zero-order valence-corrected chi connectivity index (χ0v) is 8.80. The van der Waals surface area contributed by atoms with E-state index in [0.717, 1.165) is 20.9 Å². The Morgan fingerprint density at radius 3 is 2.85 bits per heavy atom. The highest BCUT2D eigenvalue weighted by atomic mass is 79.9. The molecule has 1 heterocycles. The predicted molar refractivity (Wildman–Crippen MR) is 58.6 cm³/mol. The quantitative estimate of drug-likeness (QED) is 0.765. The van der Waals surface area contributed by atoms with Crippen molar-refractivity contribution < 1.29 is 0 Å². The summed E-state index contributed by atoms with van der Waals surface area (Å²) in [6.45, 7) is 2.03. The molecule has 1 aromatic carbocycles. The molecule has 0 aliphatic heterocycles. The maximum Gasteiger partial charge on any atom is 0.124 e. The van der Waals surface area contributed by atoms with Crippen LogP contribution in [0.5, 0.6) is 0 Å². The lowest BCUT2D eigenvalue weighted by Gasteiger charge is -2.02. The molecule has 66 valence electrons. The van der Waals surface area contributed by atoms with Gasteiger partial charge >= 0.3 is 0 Å². The maximum atomic E-state index is 5.61. The molecule has 2 N–H and O–H groups in total. The van der Waals surface area contributed by atoms with Crippen LogP contribution in [0.25, 0.3) is 10.9 Å². The molecule has 1 aromatic heterocycles. The van der Waals surface area contributed by atoms with E-state index < -0.39 is 0 Å². The molecule has 13 heavy (non-hydrogen) atoms. The van der Waals surface area contributed by atoms with Crippen LogP contribution in [-0.2, 0) is 0 Å². The number of anilines is 1. The van der Waals surface area contributed by atoms with Gasteiger partial charge in [0, 0.05) is 9.86 Å². The molecule has 0 saturated heterocycles. The molecule has 2 aromatic rings. The van der Waals surface area contributed by atoms with E-state index in [9.17, 15) is 0 Å². The highest BCUT2D eigenvalue weighted by molar-refractivity contribution is 9.10. The normalized spacial score (nSPS) is 10.6. The van der Waals surface area contributed by atoms with E-state index >= 15 is 0 Å². The second kappa shape index (κ2) is 3.00. The molecule has 0 radical (unpaired) electrons. The van der Waals surface area contributed by atoms with Crippen molar-refractivity contribution >= 4 is 32.7 Å². The standard InChI is InChI=1S/C10H9BrN2/c1-6-4-8(11)5-7-2-3-9(12)13-10(6)7/h2-5H,1H3,(H2,12,13). The number of hydrogen-bond acceptors (Lipinski definition) is 2. The van der Waals surface area contributed by atoms with Gasteiger partial charge in [-0.25, -0.2) is 4.98 Å². The highest BCUT2D eigenvalue weighted by Crippen LogP contribution is 2.22. The van der Waals surface area contributed by atoms with Crippen molar-refractivity contribution in [2.24, 2.45) is 0 Å². The Morgan fingerprint density at radius 1 is 1.31 bits per heavy atom. The predicted octanol–water partition coefficient (Wildman–Crippen LogP) is 2.89. The third-order valence-electron chi connectivity index (χ3n) is 1.97. The number of nitrogens with zero attached hydrogens (tertiary/aromatic N) is 1. The average molecular weight is 237 g/mol. The van der Waals surface area contributed by atoms with Crippen LogP contribution in [0.2, 0.25) is 0 Å². The molecule has 0 unspecified atom stereocenters. The molecule has 2 rings (SSSR count). The first-order valence-corrected chi connectivity index (χ1v) is 4.78. The maximum absolute atomic E-state index is 5.61. The molecule has 0 bridgehead atoms. The van der Waals surface area contributed by atoms with Crippen LogP contribution in [0.15, 0.2) is 28.7 Å². The monoisotopic (exact) mass is 236 g/mol. The number of fused-ring (bicyclic) bond motifs is 1. The lowest BCUT2D eigenvalue weighted by atomic mass is 10.1. The van der Waals surface area contributed by atoms with E-state index in [1.54, 1.807) is 0 Å². The van der Waals surface area contributed by atoms with Crippen LogP contribution < -0.4 is 5.73 Å². The Bertz CT molecular complexity index is 466. The van der Waals surface area contributed by atoms with Crippen LogP contribution in [0.3, 0.4) is 0 Å². The van der Waals surface area contributed by atoms with Gasteiger partial charge in [-0.3, -0.25) is 0 Å². The number of halogens is 1. The van der Waals surface area contributed by atoms with E-state index in [1.165, 1.54) is 0 Å². The van der Waals surface area contributed by atoms with Gasteiger partial charge in [-0.1, -0.05) is 15.9 Å². The van der Waals surface area contributed by atoms with Crippen LogP contribution in [0.4, 0.5) is 5.82 Å². The van der Waals surface area contributed by atoms with E-state index in [4.69, 9.17) is 5.73 Å².